The molecule has 0 bridgehead atoms. The van der Waals surface area contributed by atoms with E-state index in [-0.39, 0.29) is 17.9 Å². The van der Waals surface area contributed by atoms with Crippen LogP contribution in [0.4, 0.5) is 8.78 Å². The lowest BCUT2D eigenvalue weighted by molar-refractivity contribution is 0.0174. The highest BCUT2D eigenvalue weighted by Crippen LogP contribution is 2.26. The van der Waals surface area contributed by atoms with E-state index >= 15 is 0 Å². The molecule has 0 atom stereocenters. The molecule has 20 heavy (non-hydrogen) atoms. The van der Waals surface area contributed by atoms with Gasteiger partial charge in [-0.05, 0) is 18.1 Å². The van der Waals surface area contributed by atoms with Gasteiger partial charge in [0.15, 0.2) is 0 Å². The van der Waals surface area contributed by atoms with Crippen LogP contribution in [-0.4, -0.2) is 15.0 Å². The maximum Gasteiger partial charge on any atom is 0.270 e. The van der Waals surface area contributed by atoms with Gasteiger partial charge in [0.05, 0.1) is 5.75 Å². The second-order valence-corrected chi connectivity index (χ2v) is 6.24. The number of benzene rings is 1. The number of sulfonamides is 1. The van der Waals surface area contributed by atoms with Crippen LogP contribution in [0, 0.1) is 0 Å². The van der Waals surface area contributed by atoms with E-state index in [1.54, 1.807) is 6.08 Å². The first-order valence-corrected chi connectivity index (χ1v) is 7.69. The third-order valence-corrected chi connectivity index (χ3v) is 3.93. The van der Waals surface area contributed by atoms with E-state index in [0.29, 0.717) is 12.0 Å². The van der Waals surface area contributed by atoms with Crippen LogP contribution in [0.1, 0.15) is 24.5 Å². The molecule has 0 spiro atoms. The summed E-state index contributed by atoms with van der Waals surface area (Å²) in [5.74, 6) is -3.16. The van der Waals surface area contributed by atoms with Gasteiger partial charge >= 0.3 is 0 Å². The molecular weight excluding hydrogens is 284 g/mol. The predicted molar refractivity (Wildman–Crippen MR) is 75.0 cm³/mol. The lowest BCUT2D eigenvalue weighted by atomic mass is 10.1. The molecule has 1 N–H and O–H groups in total. The summed E-state index contributed by atoms with van der Waals surface area (Å²) >= 11 is 0. The van der Waals surface area contributed by atoms with Crippen LogP contribution in [0.25, 0.3) is 0 Å². The summed E-state index contributed by atoms with van der Waals surface area (Å²) in [4.78, 5) is 0. The minimum absolute atomic E-state index is 0.136. The highest BCUT2D eigenvalue weighted by molar-refractivity contribution is 7.88. The van der Waals surface area contributed by atoms with E-state index < -0.39 is 15.9 Å². The molecule has 0 aliphatic carbocycles. The lowest BCUT2D eigenvalue weighted by Crippen LogP contribution is -2.25. The van der Waals surface area contributed by atoms with Crippen molar-refractivity contribution in [1.82, 2.24) is 4.72 Å². The maximum atomic E-state index is 13.0. The molecule has 0 heterocycles. The van der Waals surface area contributed by atoms with Gasteiger partial charge in [-0.3, -0.25) is 0 Å². The summed E-state index contributed by atoms with van der Waals surface area (Å²) in [5, 5.41) is 0. The topological polar surface area (TPSA) is 46.2 Å². The van der Waals surface area contributed by atoms with Crippen LogP contribution >= 0.6 is 0 Å². The molecule has 0 aliphatic rings. The van der Waals surface area contributed by atoms with Crippen LogP contribution < -0.4 is 4.72 Å². The summed E-state index contributed by atoms with van der Waals surface area (Å²) in [7, 11) is -3.47. The van der Waals surface area contributed by atoms with Gasteiger partial charge in [-0.15, -0.1) is 5.73 Å². The second kappa shape index (κ2) is 6.79. The van der Waals surface area contributed by atoms with Crippen molar-refractivity contribution in [3.63, 3.8) is 0 Å². The number of rotatable bonds is 7. The van der Waals surface area contributed by atoms with E-state index in [9.17, 15) is 17.2 Å². The first-order chi connectivity index (χ1) is 9.24. The van der Waals surface area contributed by atoms with Crippen LogP contribution in [0.2, 0.25) is 0 Å². The van der Waals surface area contributed by atoms with Crippen LogP contribution in [0.5, 0.6) is 0 Å². The van der Waals surface area contributed by atoms with Crippen LogP contribution in [0.3, 0.4) is 0 Å². The summed E-state index contributed by atoms with van der Waals surface area (Å²) in [6, 6.07) is 5.28. The quantitative estimate of drug-likeness (QED) is 0.622. The number of halogens is 2. The lowest BCUT2D eigenvalue weighted by Gasteiger charge is -2.11. The van der Waals surface area contributed by atoms with Gasteiger partial charge in [0.2, 0.25) is 10.0 Å². The summed E-state index contributed by atoms with van der Waals surface area (Å²) in [6.07, 6.45) is 2.13. The third kappa shape index (κ3) is 5.65. The molecule has 0 amide bonds. The highest BCUT2D eigenvalue weighted by Gasteiger charge is 2.23. The van der Waals surface area contributed by atoms with Gasteiger partial charge in [-0.25, -0.2) is 21.9 Å². The van der Waals surface area contributed by atoms with Crippen LogP contribution in [-0.2, 0) is 21.7 Å². The van der Waals surface area contributed by atoms with E-state index in [2.05, 4.69) is 17.0 Å². The van der Waals surface area contributed by atoms with Gasteiger partial charge in [0.1, 0.15) is 0 Å². The minimum atomic E-state index is -3.47. The molecule has 6 heteroatoms. The number of hydrogen-bond donors (Lipinski definition) is 1. The maximum absolute atomic E-state index is 13.0. The summed E-state index contributed by atoms with van der Waals surface area (Å²) in [6.45, 7) is 4.43. The minimum Gasteiger partial charge on any atom is -0.215 e. The zero-order valence-corrected chi connectivity index (χ0v) is 12.0. The van der Waals surface area contributed by atoms with Crippen molar-refractivity contribution in [1.29, 1.82) is 0 Å². The second-order valence-electron chi connectivity index (χ2n) is 4.44. The van der Waals surface area contributed by atoms with Crippen molar-refractivity contribution < 1.29 is 17.2 Å². The Morgan fingerprint density at radius 2 is 1.95 bits per heavy atom. The normalized spacial score (nSPS) is 11.9. The molecule has 110 valence electrons. The average Bonchev–Trinajstić information content (AvgIpc) is 2.34. The molecule has 0 unspecified atom stereocenters. The molecule has 0 fully saturated rings. The average molecular weight is 301 g/mol. The molecule has 0 aliphatic heterocycles. The highest BCUT2D eigenvalue weighted by atomic mass is 32.2. The Balaban J connectivity index is 2.66. The van der Waals surface area contributed by atoms with Crippen molar-refractivity contribution in [2.24, 2.45) is 0 Å². The van der Waals surface area contributed by atoms with Gasteiger partial charge in [0, 0.05) is 19.0 Å². The number of nitrogens with one attached hydrogen (secondary N) is 1. The number of hydrogen-bond acceptors (Lipinski definition) is 2. The van der Waals surface area contributed by atoms with Gasteiger partial charge in [0.25, 0.3) is 5.92 Å². The number of alkyl halides is 2. The van der Waals surface area contributed by atoms with Gasteiger partial charge < -0.3 is 0 Å². The molecule has 0 saturated heterocycles. The van der Waals surface area contributed by atoms with Crippen molar-refractivity contribution >= 4 is 10.0 Å². The SMILES string of the molecule is C=C=CCCNS(=O)(=O)Cc1ccc(C(C)(F)F)cc1. The van der Waals surface area contributed by atoms with Gasteiger partial charge in [-0.2, -0.15) is 0 Å². The fraction of sp³-hybridized carbons (Fsp3) is 0.357. The zero-order chi connectivity index (χ0) is 15.2. The van der Waals surface area contributed by atoms with E-state index in [1.807, 2.05) is 0 Å². The molecular formula is C14H17F2NO2S. The Morgan fingerprint density at radius 1 is 1.35 bits per heavy atom. The Morgan fingerprint density at radius 3 is 2.45 bits per heavy atom. The van der Waals surface area contributed by atoms with E-state index in [1.165, 1.54) is 24.3 Å². The molecule has 0 radical (unpaired) electrons. The summed E-state index contributed by atoms with van der Waals surface area (Å²) < 4.78 is 51.9. The van der Waals surface area contributed by atoms with Crippen molar-refractivity contribution in [2.75, 3.05) is 6.54 Å². The molecule has 0 aromatic heterocycles. The van der Waals surface area contributed by atoms with E-state index in [0.717, 1.165) is 6.92 Å². The Labute approximate surface area is 118 Å². The van der Waals surface area contributed by atoms with Crippen molar-refractivity contribution in [2.45, 2.75) is 25.0 Å². The molecule has 0 saturated carbocycles. The Kier molecular flexibility index (Phi) is 5.62. The van der Waals surface area contributed by atoms with Gasteiger partial charge in [-0.1, -0.05) is 30.8 Å². The molecule has 1 aromatic carbocycles. The third-order valence-electron chi connectivity index (χ3n) is 2.57. The molecule has 1 rings (SSSR count). The smallest absolute Gasteiger partial charge is 0.215 e. The van der Waals surface area contributed by atoms with Crippen LogP contribution in [0.15, 0.2) is 42.7 Å². The predicted octanol–water partition coefficient (Wildman–Crippen LogP) is 2.95. The standard InChI is InChI=1S/C14H17F2NO2S/c1-3-4-5-10-17-20(18,19)11-12-6-8-13(9-7-12)14(2,15)16/h4,6-9,17H,1,5,10-11H2,2H3. The molecule has 3 nitrogen and oxygen atoms in total. The first kappa shape index (κ1) is 16.6. The monoisotopic (exact) mass is 301 g/mol. The zero-order valence-electron chi connectivity index (χ0n) is 11.2. The first-order valence-electron chi connectivity index (χ1n) is 6.03. The van der Waals surface area contributed by atoms with Crippen molar-refractivity contribution in [3.8, 4) is 0 Å². The summed E-state index contributed by atoms with van der Waals surface area (Å²) in [5.41, 5.74) is 2.87. The Hall–Kier alpha value is -1.49. The molecule has 1 aromatic rings. The van der Waals surface area contributed by atoms with E-state index in [4.69, 9.17) is 0 Å². The Bertz CT molecular complexity index is 583. The largest absolute Gasteiger partial charge is 0.270 e. The van der Waals surface area contributed by atoms with Crippen molar-refractivity contribution in [3.05, 3.63) is 53.8 Å². The fourth-order valence-electron chi connectivity index (χ4n) is 1.55. The fourth-order valence-corrected chi connectivity index (χ4v) is 2.71.